The summed E-state index contributed by atoms with van der Waals surface area (Å²) in [4.78, 5) is 3.97. The van der Waals surface area contributed by atoms with Crippen molar-refractivity contribution in [1.29, 1.82) is 0 Å². The van der Waals surface area contributed by atoms with Gasteiger partial charge in [0.05, 0.1) is 0 Å². The molecule has 3 rings (SSSR count). The molecule has 0 saturated heterocycles. The molecule has 0 atom stereocenters. The van der Waals surface area contributed by atoms with Gasteiger partial charge in [-0.3, -0.25) is 0 Å². The second-order valence-corrected chi connectivity index (χ2v) is 6.57. The van der Waals surface area contributed by atoms with Crippen LogP contribution in [0, 0.1) is 5.41 Å². The topological polar surface area (TPSA) is 34.1 Å². The Morgan fingerprint density at radius 3 is 2.48 bits per heavy atom. The van der Waals surface area contributed by atoms with Crippen LogP contribution in [0.4, 0.5) is 27.8 Å². The fourth-order valence-corrected chi connectivity index (χ4v) is 3.87. The Balaban J connectivity index is 1.56. The van der Waals surface area contributed by atoms with Gasteiger partial charge in [0.25, 0.3) is 6.43 Å². The molecule has 0 aliphatic heterocycles. The first-order valence-corrected chi connectivity index (χ1v) is 7.31. The van der Waals surface area contributed by atoms with Gasteiger partial charge in [-0.2, -0.15) is 13.2 Å². The monoisotopic (exact) mass is 336 g/mol. The van der Waals surface area contributed by atoms with E-state index in [0.29, 0.717) is 18.7 Å². The number of rotatable bonds is 4. The van der Waals surface area contributed by atoms with Crippen molar-refractivity contribution in [2.45, 2.75) is 49.9 Å². The highest BCUT2D eigenvalue weighted by atomic mass is 19.4. The van der Waals surface area contributed by atoms with Crippen molar-refractivity contribution in [3.05, 3.63) is 23.9 Å². The van der Waals surface area contributed by atoms with Crippen LogP contribution in [0.3, 0.4) is 0 Å². The van der Waals surface area contributed by atoms with Gasteiger partial charge in [0.15, 0.2) is 5.60 Å². The van der Waals surface area contributed by atoms with Crippen LogP contribution >= 0.6 is 0 Å². The number of nitrogens with zero attached hydrogens (tertiary/aromatic N) is 1. The SMILES string of the molecule is COC1(C(F)(F)F)CC2(CC(Nc3cc(C(F)F)ccn3)C2)C1. The zero-order chi connectivity index (χ0) is 16.9. The summed E-state index contributed by atoms with van der Waals surface area (Å²) in [6, 6.07) is 2.46. The lowest BCUT2D eigenvalue weighted by atomic mass is 9.48. The van der Waals surface area contributed by atoms with E-state index >= 15 is 0 Å². The van der Waals surface area contributed by atoms with E-state index < -0.39 is 18.2 Å². The molecule has 1 heterocycles. The minimum Gasteiger partial charge on any atom is -0.369 e. The maximum absolute atomic E-state index is 13.0. The molecule has 2 saturated carbocycles. The number of hydrogen-bond donors (Lipinski definition) is 1. The molecule has 0 unspecified atom stereocenters. The van der Waals surface area contributed by atoms with Crippen LogP contribution in [0.5, 0.6) is 0 Å². The van der Waals surface area contributed by atoms with Crippen LogP contribution in [0.1, 0.15) is 37.7 Å². The molecule has 2 fully saturated rings. The van der Waals surface area contributed by atoms with E-state index in [-0.39, 0.29) is 29.9 Å². The first kappa shape index (κ1) is 16.4. The summed E-state index contributed by atoms with van der Waals surface area (Å²) in [6.45, 7) is 0. The van der Waals surface area contributed by atoms with Crippen LogP contribution in [0.2, 0.25) is 0 Å². The Hall–Kier alpha value is -1.44. The van der Waals surface area contributed by atoms with E-state index in [2.05, 4.69) is 10.3 Å². The van der Waals surface area contributed by atoms with Crippen LogP contribution in [0.25, 0.3) is 0 Å². The Morgan fingerprint density at radius 1 is 1.30 bits per heavy atom. The molecule has 0 radical (unpaired) electrons. The van der Waals surface area contributed by atoms with Gasteiger partial charge in [0.2, 0.25) is 0 Å². The molecule has 0 amide bonds. The fourth-order valence-electron chi connectivity index (χ4n) is 3.87. The number of halogens is 5. The Kier molecular flexibility index (Phi) is 3.78. The van der Waals surface area contributed by atoms with Crippen molar-refractivity contribution >= 4 is 5.82 Å². The highest BCUT2D eigenvalue weighted by molar-refractivity contribution is 5.40. The molecule has 2 aliphatic rings. The molecule has 3 nitrogen and oxygen atoms in total. The molecule has 1 spiro atoms. The number of hydrogen-bond acceptors (Lipinski definition) is 3. The highest BCUT2D eigenvalue weighted by Crippen LogP contribution is 2.65. The molecular formula is C15H17F5N2O. The highest BCUT2D eigenvalue weighted by Gasteiger charge is 2.70. The maximum atomic E-state index is 13.0. The fraction of sp³-hybridized carbons (Fsp3) is 0.667. The van der Waals surface area contributed by atoms with Gasteiger partial charge in [0.1, 0.15) is 5.82 Å². The third-order valence-corrected chi connectivity index (χ3v) is 4.98. The summed E-state index contributed by atoms with van der Waals surface area (Å²) >= 11 is 0. The summed E-state index contributed by atoms with van der Waals surface area (Å²) in [7, 11) is 1.09. The Morgan fingerprint density at radius 2 is 1.96 bits per heavy atom. The van der Waals surface area contributed by atoms with Crippen molar-refractivity contribution in [2.75, 3.05) is 12.4 Å². The molecule has 8 heteroatoms. The predicted octanol–water partition coefficient (Wildman–Crippen LogP) is 4.32. The molecule has 2 aliphatic carbocycles. The van der Waals surface area contributed by atoms with E-state index in [4.69, 9.17) is 4.74 Å². The predicted molar refractivity (Wildman–Crippen MR) is 73.3 cm³/mol. The van der Waals surface area contributed by atoms with Gasteiger partial charge < -0.3 is 10.1 Å². The summed E-state index contributed by atoms with van der Waals surface area (Å²) in [5.41, 5.74) is -2.51. The summed E-state index contributed by atoms with van der Waals surface area (Å²) < 4.78 is 69.0. The first-order valence-electron chi connectivity index (χ1n) is 7.31. The van der Waals surface area contributed by atoms with Crippen LogP contribution in [-0.4, -0.2) is 29.9 Å². The molecule has 0 aromatic carbocycles. The van der Waals surface area contributed by atoms with Gasteiger partial charge in [-0.25, -0.2) is 13.8 Å². The number of aromatic nitrogens is 1. The summed E-state index contributed by atoms with van der Waals surface area (Å²) in [5, 5.41) is 3.01. The molecule has 23 heavy (non-hydrogen) atoms. The minimum absolute atomic E-state index is 0.0390. The molecular weight excluding hydrogens is 319 g/mol. The largest absolute Gasteiger partial charge is 0.417 e. The van der Waals surface area contributed by atoms with Gasteiger partial charge in [-0.15, -0.1) is 0 Å². The van der Waals surface area contributed by atoms with Gasteiger partial charge in [-0.05, 0) is 43.2 Å². The molecule has 0 bridgehead atoms. The van der Waals surface area contributed by atoms with Crippen molar-refractivity contribution in [3.8, 4) is 0 Å². The van der Waals surface area contributed by atoms with E-state index in [1.54, 1.807) is 0 Å². The minimum atomic E-state index is -4.36. The second kappa shape index (κ2) is 5.29. The molecule has 128 valence electrons. The third kappa shape index (κ3) is 2.77. The van der Waals surface area contributed by atoms with Gasteiger partial charge in [0, 0.05) is 24.9 Å². The Bertz CT molecular complexity index is 575. The summed E-state index contributed by atoms with van der Waals surface area (Å²) in [6.07, 6.45) is -4.60. The average Bonchev–Trinajstić information content (AvgIpc) is 2.38. The zero-order valence-electron chi connectivity index (χ0n) is 12.5. The normalized spacial score (nSPS) is 33.4. The summed E-state index contributed by atoms with van der Waals surface area (Å²) in [5.74, 6) is 0.329. The molecule has 1 aromatic heterocycles. The lowest BCUT2D eigenvalue weighted by Gasteiger charge is -2.62. The van der Waals surface area contributed by atoms with Crippen LogP contribution in [0.15, 0.2) is 18.3 Å². The number of methoxy groups -OCH3 is 1. The lowest BCUT2D eigenvalue weighted by Crippen LogP contribution is -2.66. The van der Waals surface area contributed by atoms with Gasteiger partial charge in [-0.1, -0.05) is 0 Å². The molecule has 1 N–H and O–H groups in total. The standard InChI is InChI=1S/C15H17F5N2O/c1-23-14(15(18,19)20)7-13(8-14)5-10(6-13)22-11-4-9(12(16)17)2-3-21-11/h2-4,10,12H,5-8H2,1H3,(H,21,22). The third-order valence-electron chi connectivity index (χ3n) is 4.98. The van der Waals surface area contributed by atoms with Crippen molar-refractivity contribution in [1.82, 2.24) is 4.98 Å². The lowest BCUT2D eigenvalue weighted by molar-refractivity contribution is -0.335. The smallest absolute Gasteiger partial charge is 0.369 e. The number of ether oxygens (including phenoxy) is 1. The van der Waals surface area contributed by atoms with E-state index in [1.165, 1.54) is 18.3 Å². The van der Waals surface area contributed by atoms with Crippen LogP contribution < -0.4 is 5.32 Å². The van der Waals surface area contributed by atoms with Crippen molar-refractivity contribution in [3.63, 3.8) is 0 Å². The van der Waals surface area contributed by atoms with E-state index in [1.807, 2.05) is 0 Å². The Labute approximate surface area is 130 Å². The average molecular weight is 336 g/mol. The van der Waals surface area contributed by atoms with Gasteiger partial charge >= 0.3 is 6.18 Å². The first-order chi connectivity index (χ1) is 10.7. The van der Waals surface area contributed by atoms with Crippen LogP contribution in [-0.2, 0) is 4.74 Å². The maximum Gasteiger partial charge on any atom is 0.417 e. The second-order valence-electron chi connectivity index (χ2n) is 6.57. The zero-order valence-corrected chi connectivity index (χ0v) is 12.5. The van der Waals surface area contributed by atoms with E-state index in [0.717, 1.165) is 7.11 Å². The molecule has 1 aromatic rings. The quantitative estimate of drug-likeness (QED) is 0.832. The van der Waals surface area contributed by atoms with Crippen molar-refractivity contribution in [2.24, 2.45) is 5.41 Å². The number of anilines is 1. The number of pyridine rings is 1. The van der Waals surface area contributed by atoms with Crippen molar-refractivity contribution < 1.29 is 26.7 Å². The number of nitrogens with one attached hydrogen (secondary N) is 1. The number of alkyl halides is 5. The van der Waals surface area contributed by atoms with E-state index in [9.17, 15) is 22.0 Å².